The molecule has 16 heavy (non-hydrogen) atoms. The topological polar surface area (TPSA) is 76.5 Å². The molecule has 0 aliphatic heterocycles. The number of aromatic nitrogens is 1. The molecule has 0 spiro atoms. The Morgan fingerprint density at radius 1 is 1.56 bits per heavy atom. The Labute approximate surface area is 101 Å². The quantitative estimate of drug-likeness (QED) is 0.851. The number of carboxylic acid groups (broad SMARTS) is 1. The molecule has 0 saturated heterocycles. The normalized spacial score (nSPS) is 11.9. The Kier molecular flexibility index (Phi) is 4.42. The minimum absolute atomic E-state index is 0.204. The van der Waals surface area contributed by atoms with Crippen molar-refractivity contribution < 1.29 is 19.4 Å². The van der Waals surface area contributed by atoms with E-state index in [9.17, 15) is 9.59 Å². The summed E-state index contributed by atoms with van der Waals surface area (Å²) in [6.07, 6.45) is 2.76. The van der Waals surface area contributed by atoms with E-state index in [0.29, 0.717) is 10.0 Å². The van der Waals surface area contributed by atoms with Gasteiger partial charge in [-0.25, -0.2) is 0 Å². The lowest BCUT2D eigenvalue weighted by molar-refractivity contribution is -0.147. The van der Waals surface area contributed by atoms with Gasteiger partial charge in [0.2, 0.25) is 0 Å². The molecular weight excluding hydrogens is 278 g/mol. The fourth-order valence-electron chi connectivity index (χ4n) is 1.22. The van der Waals surface area contributed by atoms with Crippen LogP contribution in [0.5, 0.6) is 0 Å². The van der Waals surface area contributed by atoms with Gasteiger partial charge in [-0.1, -0.05) is 0 Å². The van der Waals surface area contributed by atoms with Crippen molar-refractivity contribution in [3.63, 3.8) is 0 Å². The van der Waals surface area contributed by atoms with Gasteiger partial charge in [-0.05, 0) is 27.6 Å². The first-order valence-corrected chi connectivity index (χ1v) is 5.24. The third-order valence-corrected chi connectivity index (χ3v) is 2.46. The van der Waals surface area contributed by atoms with E-state index in [0.717, 1.165) is 0 Å². The fraction of sp³-hybridized carbons (Fsp3) is 0.300. The van der Waals surface area contributed by atoms with Crippen LogP contribution in [0, 0.1) is 0 Å². The van der Waals surface area contributed by atoms with Gasteiger partial charge in [0.1, 0.15) is 0 Å². The molecule has 0 saturated carbocycles. The van der Waals surface area contributed by atoms with Crippen LogP contribution in [-0.4, -0.2) is 29.1 Å². The molecular formula is C10H10BrNO4. The first-order chi connectivity index (χ1) is 7.54. The molecule has 1 aromatic rings. The summed E-state index contributed by atoms with van der Waals surface area (Å²) in [6, 6.07) is 1.62. The summed E-state index contributed by atoms with van der Waals surface area (Å²) in [5, 5.41) is 9.01. The van der Waals surface area contributed by atoms with E-state index in [1.807, 2.05) is 0 Å². The molecule has 0 aliphatic rings. The van der Waals surface area contributed by atoms with Crippen LogP contribution in [0.1, 0.15) is 17.9 Å². The molecule has 1 rings (SSSR count). The van der Waals surface area contributed by atoms with Gasteiger partial charge in [-0.15, -0.1) is 0 Å². The second-order valence-corrected chi connectivity index (χ2v) is 4.02. The lowest BCUT2D eigenvalue weighted by atomic mass is 9.98. The number of hydrogen-bond donors (Lipinski definition) is 1. The molecule has 1 heterocycles. The highest BCUT2D eigenvalue weighted by Gasteiger charge is 2.24. The van der Waals surface area contributed by atoms with Crippen LogP contribution in [0.2, 0.25) is 0 Å². The SMILES string of the molecule is COC(=O)CC(C(=O)O)c1cncc(Br)c1. The summed E-state index contributed by atoms with van der Waals surface area (Å²) in [4.78, 5) is 25.9. The van der Waals surface area contributed by atoms with Crippen molar-refractivity contribution in [2.45, 2.75) is 12.3 Å². The average Bonchev–Trinajstić information content (AvgIpc) is 2.25. The number of carbonyl (C=O) groups excluding carboxylic acids is 1. The van der Waals surface area contributed by atoms with Gasteiger partial charge in [0.25, 0.3) is 0 Å². The van der Waals surface area contributed by atoms with Crippen molar-refractivity contribution in [2.24, 2.45) is 0 Å². The Morgan fingerprint density at radius 2 is 2.25 bits per heavy atom. The van der Waals surface area contributed by atoms with Gasteiger partial charge in [0.15, 0.2) is 0 Å². The smallest absolute Gasteiger partial charge is 0.311 e. The molecule has 0 amide bonds. The summed E-state index contributed by atoms with van der Waals surface area (Å²) in [5.41, 5.74) is 0.465. The third-order valence-electron chi connectivity index (χ3n) is 2.02. The number of pyridine rings is 1. The molecule has 1 N–H and O–H groups in total. The summed E-state index contributed by atoms with van der Waals surface area (Å²) in [5.74, 6) is -2.57. The minimum atomic E-state index is -1.08. The van der Waals surface area contributed by atoms with Crippen LogP contribution in [0.4, 0.5) is 0 Å². The van der Waals surface area contributed by atoms with Gasteiger partial charge < -0.3 is 9.84 Å². The average molecular weight is 288 g/mol. The molecule has 0 bridgehead atoms. The molecule has 0 aliphatic carbocycles. The van der Waals surface area contributed by atoms with Crippen molar-refractivity contribution in [3.8, 4) is 0 Å². The van der Waals surface area contributed by atoms with E-state index in [1.165, 1.54) is 13.3 Å². The second kappa shape index (κ2) is 5.60. The Bertz CT molecular complexity index is 408. The maximum absolute atomic E-state index is 11.1. The highest BCUT2D eigenvalue weighted by atomic mass is 79.9. The Balaban J connectivity index is 2.94. The van der Waals surface area contributed by atoms with Gasteiger partial charge in [0.05, 0.1) is 19.4 Å². The van der Waals surface area contributed by atoms with Crippen molar-refractivity contribution in [3.05, 3.63) is 28.5 Å². The van der Waals surface area contributed by atoms with Crippen molar-refractivity contribution in [1.82, 2.24) is 4.98 Å². The van der Waals surface area contributed by atoms with Crippen LogP contribution in [0.15, 0.2) is 22.9 Å². The number of halogens is 1. The van der Waals surface area contributed by atoms with Crippen LogP contribution in [0.25, 0.3) is 0 Å². The third kappa shape index (κ3) is 3.30. The number of hydrogen-bond acceptors (Lipinski definition) is 4. The van der Waals surface area contributed by atoms with E-state index in [-0.39, 0.29) is 6.42 Å². The predicted octanol–water partition coefficient (Wildman–Crippen LogP) is 1.58. The number of carboxylic acids is 1. The molecule has 6 heteroatoms. The number of aliphatic carboxylic acids is 1. The Hall–Kier alpha value is -1.43. The van der Waals surface area contributed by atoms with E-state index in [1.54, 1.807) is 12.3 Å². The number of esters is 1. The fourth-order valence-corrected chi connectivity index (χ4v) is 1.60. The number of carbonyl (C=O) groups is 2. The molecule has 1 aromatic heterocycles. The molecule has 0 fully saturated rings. The lowest BCUT2D eigenvalue weighted by Crippen LogP contribution is -2.17. The second-order valence-electron chi connectivity index (χ2n) is 3.11. The standard InChI is InChI=1S/C10H10BrNO4/c1-16-9(13)3-8(10(14)15)6-2-7(11)5-12-4-6/h2,4-5,8H,3H2,1H3,(H,14,15). The molecule has 0 radical (unpaired) electrons. The number of ether oxygens (including phenoxy) is 1. The molecule has 1 unspecified atom stereocenters. The molecule has 5 nitrogen and oxygen atoms in total. The van der Waals surface area contributed by atoms with Gasteiger partial charge in [-0.3, -0.25) is 14.6 Å². The van der Waals surface area contributed by atoms with E-state index in [2.05, 4.69) is 25.7 Å². The Morgan fingerprint density at radius 3 is 2.75 bits per heavy atom. The van der Waals surface area contributed by atoms with Crippen LogP contribution in [0.3, 0.4) is 0 Å². The predicted molar refractivity (Wildman–Crippen MR) is 58.9 cm³/mol. The highest BCUT2D eigenvalue weighted by molar-refractivity contribution is 9.10. The zero-order chi connectivity index (χ0) is 12.1. The van der Waals surface area contributed by atoms with Crippen molar-refractivity contribution in [1.29, 1.82) is 0 Å². The first kappa shape index (κ1) is 12.6. The van der Waals surface area contributed by atoms with E-state index < -0.39 is 17.9 Å². The number of rotatable bonds is 4. The number of methoxy groups -OCH3 is 1. The van der Waals surface area contributed by atoms with Crippen molar-refractivity contribution in [2.75, 3.05) is 7.11 Å². The number of nitrogens with zero attached hydrogens (tertiary/aromatic N) is 1. The minimum Gasteiger partial charge on any atom is -0.481 e. The van der Waals surface area contributed by atoms with E-state index >= 15 is 0 Å². The molecule has 86 valence electrons. The zero-order valence-electron chi connectivity index (χ0n) is 8.51. The van der Waals surface area contributed by atoms with Crippen LogP contribution in [-0.2, 0) is 14.3 Å². The van der Waals surface area contributed by atoms with Crippen LogP contribution >= 0.6 is 15.9 Å². The summed E-state index contributed by atoms with van der Waals surface area (Å²) >= 11 is 3.19. The monoisotopic (exact) mass is 287 g/mol. The van der Waals surface area contributed by atoms with Gasteiger partial charge >= 0.3 is 11.9 Å². The summed E-state index contributed by atoms with van der Waals surface area (Å²) < 4.78 is 5.12. The van der Waals surface area contributed by atoms with Gasteiger partial charge in [0, 0.05) is 16.9 Å². The molecule has 0 aromatic carbocycles. The van der Waals surface area contributed by atoms with Crippen molar-refractivity contribution >= 4 is 27.9 Å². The van der Waals surface area contributed by atoms with Crippen LogP contribution < -0.4 is 0 Å². The molecule has 1 atom stereocenters. The first-order valence-electron chi connectivity index (χ1n) is 4.44. The maximum Gasteiger partial charge on any atom is 0.311 e. The lowest BCUT2D eigenvalue weighted by Gasteiger charge is -2.10. The summed E-state index contributed by atoms with van der Waals surface area (Å²) in [7, 11) is 1.22. The highest BCUT2D eigenvalue weighted by Crippen LogP contribution is 2.22. The zero-order valence-corrected chi connectivity index (χ0v) is 10.1. The maximum atomic E-state index is 11.1. The van der Waals surface area contributed by atoms with E-state index in [4.69, 9.17) is 5.11 Å². The largest absolute Gasteiger partial charge is 0.481 e. The summed E-state index contributed by atoms with van der Waals surface area (Å²) in [6.45, 7) is 0. The van der Waals surface area contributed by atoms with Gasteiger partial charge in [-0.2, -0.15) is 0 Å².